The predicted molar refractivity (Wildman–Crippen MR) is 87.4 cm³/mol. The van der Waals surface area contributed by atoms with Gasteiger partial charge in [0.2, 0.25) is 0 Å². The molecule has 3 rings (SSSR count). The summed E-state index contributed by atoms with van der Waals surface area (Å²) in [5.41, 5.74) is 4.99. The Hall–Kier alpha value is -2.13. The van der Waals surface area contributed by atoms with Crippen LogP contribution in [-0.2, 0) is 13.1 Å². The zero-order chi connectivity index (χ0) is 14.7. The van der Waals surface area contributed by atoms with E-state index in [0.717, 1.165) is 25.3 Å². The van der Waals surface area contributed by atoms with Crippen LogP contribution in [0.4, 0.5) is 0 Å². The Morgan fingerprint density at radius 1 is 1.14 bits per heavy atom. The average molecular weight is 279 g/mol. The summed E-state index contributed by atoms with van der Waals surface area (Å²) in [5, 5.41) is 4.74. The second-order valence-corrected chi connectivity index (χ2v) is 5.35. The molecule has 21 heavy (non-hydrogen) atoms. The van der Waals surface area contributed by atoms with Crippen LogP contribution in [0.25, 0.3) is 10.9 Å². The molecule has 3 aromatic rings. The number of fused-ring (bicyclic) bond motifs is 1. The van der Waals surface area contributed by atoms with Crippen LogP contribution >= 0.6 is 0 Å². The Bertz CT molecular complexity index is 743. The zero-order valence-corrected chi connectivity index (χ0v) is 12.6. The van der Waals surface area contributed by atoms with Gasteiger partial charge < -0.3 is 9.88 Å². The summed E-state index contributed by atoms with van der Waals surface area (Å²) in [4.78, 5) is 4.52. The molecular weight excluding hydrogens is 258 g/mol. The van der Waals surface area contributed by atoms with Crippen molar-refractivity contribution < 1.29 is 0 Å². The Balaban J connectivity index is 2.00. The molecule has 0 unspecified atom stereocenters. The van der Waals surface area contributed by atoms with Crippen LogP contribution in [0.2, 0.25) is 0 Å². The van der Waals surface area contributed by atoms with Crippen LogP contribution in [0, 0.1) is 6.92 Å². The van der Waals surface area contributed by atoms with Gasteiger partial charge in [-0.15, -0.1) is 0 Å². The fourth-order valence-electron chi connectivity index (χ4n) is 2.70. The van der Waals surface area contributed by atoms with E-state index in [1.807, 2.05) is 12.3 Å². The molecule has 0 amide bonds. The standard InChI is InChI=1S/C18H21N3/c1-3-19-11-15-12-21(18-9-5-4-8-16(15)18)13-17-14(2)7-6-10-20-17/h4-10,12,19H,3,11,13H2,1-2H3. The summed E-state index contributed by atoms with van der Waals surface area (Å²) >= 11 is 0. The first kappa shape index (κ1) is 13.8. The van der Waals surface area contributed by atoms with Gasteiger partial charge in [-0.25, -0.2) is 0 Å². The molecule has 0 aliphatic rings. The Labute approximate surface area is 125 Å². The van der Waals surface area contributed by atoms with Crippen molar-refractivity contribution in [2.45, 2.75) is 26.9 Å². The van der Waals surface area contributed by atoms with E-state index in [1.54, 1.807) is 0 Å². The lowest BCUT2D eigenvalue weighted by Crippen LogP contribution is -2.11. The largest absolute Gasteiger partial charge is 0.341 e. The average Bonchev–Trinajstić information content (AvgIpc) is 2.86. The highest BCUT2D eigenvalue weighted by atomic mass is 15.0. The molecule has 3 heteroatoms. The molecule has 0 aliphatic carbocycles. The first-order valence-corrected chi connectivity index (χ1v) is 7.47. The molecule has 2 aromatic heterocycles. The van der Waals surface area contributed by atoms with Crippen molar-refractivity contribution in [3.05, 3.63) is 65.6 Å². The first-order valence-electron chi connectivity index (χ1n) is 7.47. The van der Waals surface area contributed by atoms with E-state index < -0.39 is 0 Å². The molecular formula is C18H21N3. The van der Waals surface area contributed by atoms with Crippen molar-refractivity contribution in [3.63, 3.8) is 0 Å². The highest BCUT2D eigenvalue weighted by molar-refractivity contribution is 5.84. The molecule has 108 valence electrons. The van der Waals surface area contributed by atoms with Crippen LogP contribution in [-0.4, -0.2) is 16.1 Å². The summed E-state index contributed by atoms with van der Waals surface area (Å²) in [6.07, 6.45) is 4.12. The van der Waals surface area contributed by atoms with Crippen LogP contribution in [0.3, 0.4) is 0 Å². The fourth-order valence-corrected chi connectivity index (χ4v) is 2.70. The van der Waals surface area contributed by atoms with E-state index in [4.69, 9.17) is 0 Å². The molecule has 0 aliphatic heterocycles. The predicted octanol–water partition coefficient (Wildman–Crippen LogP) is 3.50. The van der Waals surface area contributed by atoms with Crippen LogP contribution < -0.4 is 5.32 Å². The van der Waals surface area contributed by atoms with Gasteiger partial charge in [-0.1, -0.05) is 31.2 Å². The van der Waals surface area contributed by atoms with Crippen LogP contribution in [0.5, 0.6) is 0 Å². The third-order valence-electron chi connectivity index (χ3n) is 3.87. The molecule has 1 N–H and O–H groups in total. The Morgan fingerprint density at radius 2 is 2.00 bits per heavy atom. The third-order valence-corrected chi connectivity index (χ3v) is 3.87. The van der Waals surface area contributed by atoms with Crippen LogP contribution in [0.15, 0.2) is 48.8 Å². The minimum Gasteiger partial charge on any atom is -0.341 e. The van der Waals surface area contributed by atoms with Gasteiger partial charge in [0.25, 0.3) is 0 Å². The number of aromatic nitrogens is 2. The van der Waals surface area contributed by atoms with Gasteiger partial charge >= 0.3 is 0 Å². The van der Waals surface area contributed by atoms with E-state index in [-0.39, 0.29) is 0 Å². The molecule has 1 aromatic carbocycles. The van der Waals surface area contributed by atoms with Gasteiger partial charge in [0.05, 0.1) is 12.2 Å². The maximum Gasteiger partial charge on any atom is 0.0651 e. The fraction of sp³-hybridized carbons (Fsp3) is 0.278. The third kappa shape index (κ3) is 2.83. The summed E-state index contributed by atoms with van der Waals surface area (Å²) in [6.45, 7) is 6.97. The Kier molecular flexibility index (Phi) is 4.02. The van der Waals surface area contributed by atoms with Gasteiger partial charge in [0.15, 0.2) is 0 Å². The number of benzene rings is 1. The van der Waals surface area contributed by atoms with Crippen molar-refractivity contribution in [1.82, 2.24) is 14.9 Å². The minimum atomic E-state index is 0.819. The van der Waals surface area contributed by atoms with Gasteiger partial charge in [0, 0.05) is 29.8 Å². The van der Waals surface area contributed by atoms with Gasteiger partial charge in [-0.3, -0.25) is 4.98 Å². The lowest BCUT2D eigenvalue weighted by molar-refractivity contribution is 0.722. The van der Waals surface area contributed by atoms with Crippen molar-refractivity contribution >= 4 is 10.9 Å². The summed E-state index contributed by atoms with van der Waals surface area (Å²) in [6, 6.07) is 12.7. The maximum atomic E-state index is 4.52. The molecule has 0 spiro atoms. The molecule has 2 heterocycles. The van der Waals surface area contributed by atoms with Gasteiger partial charge in [-0.05, 0) is 36.7 Å². The smallest absolute Gasteiger partial charge is 0.0651 e. The van der Waals surface area contributed by atoms with E-state index in [2.05, 4.69) is 65.2 Å². The van der Waals surface area contributed by atoms with E-state index in [0.29, 0.717) is 0 Å². The second-order valence-electron chi connectivity index (χ2n) is 5.35. The monoisotopic (exact) mass is 279 g/mol. The molecule has 0 saturated carbocycles. The molecule has 0 bridgehead atoms. The summed E-state index contributed by atoms with van der Waals surface area (Å²) in [5.74, 6) is 0. The van der Waals surface area contributed by atoms with Gasteiger partial charge in [0.1, 0.15) is 0 Å². The SMILES string of the molecule is CCNCc1cn(Cc2ncccc2C)c2ccccc12. The van der Waals surface area contributed by atoms with E-state index in [9.17, 15) is 0 Å². The van der Waals surface area contributed by atoms with E-state index in [1.165, 1.54) is 22.0 Å². The van der Waals surface area contributed by atoms with Crippen LogP contribution in [0.1, 0.15) is 23.7 Å². The number of para-hydroxylation sites is 1. The second kappa shape index (κ2) is 6.10. The summed E-state index contributed by atoms with van der Waals surface area (Å²) in [7, 11) is 0. The molecule has 0 atom stereocenters. The number of aryl methyl sites for hydroxylation is 1. The van der Waals surface area contributed by atoms with Crippen molar-refractivity contribution in [3.8, 4) is 0 Å². The Morgan fingerprint density at radius 3 is 2.81 bits per heavy atom. The molecule has 0 radical (unpaired) electrons. The van der Waals surface area contributed by atoms with Crippen molar-refractivity contribution in [2.24, 2.45) is 0 Å². The maximum absolute atomic E-state index is 4.52. The number of hydrogen-bond acceptors (Lipinski definition) is 2. The lowest BCUT2D eigenvalue weighted by Gasteiger charge is -2.07. The molecule has 3 nitrogen and oxygen atoms in total. The summed E-state index contributed by atoms with van der Waals surface area (Å²) < 4.78 is 2.30. The topological polar surface area (TPSA) is 29.9 Å². The lowest BCUT2D eigenvalue weighted by atomic mass is 10.2. The number of rotatable bonds is 5. The van der Waals surface area contributed by atoms with Crippen molar-refractivity contribution in [1.29, 1.82) is 0 Å². The number of nitrogens with zero attached hydrogens (tertiary/aromatic N) is 2. The highest BCUT2D eigenvalue weighted by Crippen LogP contribution is 2.22. The zero-order valence-electron chi connectivity index (χ0n) is 12.6. The van der Waals surface area contributed by atoms with Gasteiger partial charge in [-0.2, -0.15) is 0 Å². The first-order chi connectivity index (χ1) is 10.3. The normalized spacial score (nSPS) is 11.1. The molecule has 0 saturated heterocycles. The highest BCUT2D eigenvalue weighted by Gasteiger charge is 2.09. The minimum absolute atomic E-state index is 0.819. The molecule has 0 fully saturated rings. The number of nitrogens with one attached hydrogen (secondary N) is 1. The van der Waals surface area contributed by atoms with Crippen molar-refractivity contribution in [2.75, 3.05) is 6.54 Å². The number of pyridine rings is 1. The quantitative estimate of drug-likeness (QED) is 0.774. The van der Waals surface area contributed by atoms with E-state index >= 15 is 0 Å². The number of hydrogen-bond donors (Lipinski definition) is 1.